The molecule has 1 aromatic rings. The lowest BCUT2D eigenvalue weighted by Crippen LogP contribution is -2.29. The molecule has 1 aliphatic heterocycles. The molecule has 1 heterocycles. The highest BCUT2D eigenvalue weighted by Gasteiger charge is 2.20. The summed E-state index contributed by atoms with van der Waals surface area (Å²) in [4.78, 5) is 2.46. The maximum Gasteiger partial charge on any atom is 0.0366 e. The number of anilines is 1. The van der Waals surface area contributed by atoms with Crippen LogP contribution in [0.25, 0.3) is 0 Å². The van der Waals surface area contributed by atoms with Crippen molar-refractivity contribution in [3.63, 3.8) is 0 Å². The summed E-state index contributed by atoms with van der Waals surface area (Å²) < 4.78 is 0. The molecule has 1 aliphatic rings. The molecule has 1 saturated heterocycles. The molecule has 0 aromatic heterocycles. The van der Waals surface area contributed by atoms with Gasteiger partial charge >= 0.3 is 0 Å². The molecule has 0 spiro atoms. The molecular formula is C13H20N2. The van der Waals surface area contributed by atoms with Gasteiger partial charge in [-0.2, -0.15) is 0 Å². The van der Waals surface area contributed by atoms with Crippen molar-refractivity contribution in [3.8, 4) is 0 Å². The number of likely N-dealkylation sites (N-methyl/N-ethyl adjacent to an activating group) is 1. The van der Waals surface area contributed by atoms with Crippen molar-refractivity contribution in [1.82, 2.24) is 5.32 Å². The molecule has 82 valence electrons. The Bertz CT molecular complexity index is 305. The quantitative estimate of drug-likeness (QED) is 0.810. The molecule has 15 heavy (non-hydrogen) atoms. The molecule has 2 nitrogen and oxygen atoms in total. The molecule has 1 unspecified atom stereocenters. The highest BCUT2D eigenvalue weighted by Crippen LogP contribution is 2.20. The maximum absolute atomic E-state index is 3.34. The Morgan fingerprint density at radius 1 is 1.33 bits per heavy atom. The molecule has 0 saturated carbocycles. The SMILES string of the molecule is CCc1ccc(N2CCC(NC)C2)cc1. The topological polar surface area (TPSA) is 15.3 Å². The standard InChI is InChI=1S/C13H20N2/c1-3-11-4-6-13(7-5-11)15-9-8-12(10-15)14-2/h4-7,12,14H,3,8-10H2,1-2H3. The van der Waals surface area contributed by atoms with Crippen LogP contribution in [0.4, 0.5) is 5.69 Å². The predicted octanol–water partition coefficient (Wildman–Crippen LogP) is 2.05. The third kappa shape index (κ3) is 2.32. The third-order valence-corrected chi connectivity index (χ3v) is 3.31. The summed E-state index contributed by atoms with van der Waals surface area (Å²) >= 11 is 0. The summed E-state index contributed by atoms with van der Waals surface area (Å²) in [5.41, 5.74) is 2.79. The Labute approximate surface area is 92.3 Å². The summed E-state index contributed by atoms with van der Waals surface area (Å²) in [7, 11) is 2.05. The van der Waals surface area contributed by atoms with Gasteiger partial charge in [-0.05, 0) is 37.6 Å². The van der Waals surface area contributed by atoms with Gasteiger partial charge in [0.15, 0.2) is 0 Å². The van der Waals surface area contributed by atoms with Crippen LogP contribution in [0.1, 0.15) is 18.9 Å². The van der Waals surface area contributed by atoms with E-state index in [-0.39, 0.29) is 0 Å². The molecule has 1 atom stereocenters. The predicted molar refractivity (Wildman–Crippen MR) is 65.5 cm³/mol. The molecule has 1 N–H and O–H groups in total. The second-order valence-corrected chi connectivity index (χ2v) is 4.24. The number of hydrogen-bond acceptors (Lipinski definition) is 2. The second kappa shape index (κ2) is 4.67. The Morgan fingerprint density at radius 3 is 2.60 bits per heavy atom. The molecule has 2 rings (SSSR count). The van der Waals surface area contributed by atoms with Crippen LogP contribution in [0.2, 0.25) is 0 Å². The first-order valence-electron chi connectivity index (χ1n) is 5.84. The van der Waals surface area contributed by atoms with E-state index < -0.39 is 0 Å². The minimum absolute atomic E-state index is 0.663. The van der Waals surface area contributed by atoms with E-state index >= 15 is 0 Å². The van der Waals surface area contributed by atoms with Crippen LogP contribution in [-0.2, 0) is 6.42 Å². The van der Waals surface area contributed by atoms with Crippen LogP contribution in [0, 0.1) is 0 Å². The first-order valence-corrected chi connectivity index (χ1v) is 5.84. The summed E-state index contributed by atoms with van der Waals surface area (Å²) in [6.45, 7) is 4.51. The normalized spacial score (nSPS) is 20.9. The zero-order valence-electron chi connectivity index (χ0n) is 9.66. The van der Waals surface area contributed by atoms with Crippen molar-refractivity contribution in [3.05, 3.63) is 29.8 Å². The van der Waals surface area contributed by atoms with Crippen molar-refractivity contribution in [2.24, 2.45) is 0 Å². The van der Waals surface area contributed by atoms with Gasteiger partial charge in [-0.15, -0.1) is 0 Å². The van der Waals surface area contributed by atoms with E-state index in [4.69, 9.17) is 0 Å². The van der Waals surface area contributed by atoms with E-state index in [0.717, 1.165) is 13.0 Å². The maximum atomic E-state index is 3.34. The summed E-state index contributed by atoms with van der Waals surface area (Å²) in [5, 5.41) is 3.34. The summed E-state index contributed by atoms with van der Waals surface area (Å²) in [6, 6.07) is 9.63. The zero-order chi connectivity index (χ0) is 10.7. The molecule has 2 heteroatoms. The molecule has 0 aliphatic carbocycles. The van der Waals surface area contributed by atoms with E-state index in [1.807, 2.05) is 7.05 Å². The number of nitrogens with one attached hydrogen (secondary N) is 1. The highest BCUT2D eigenvalue weighted by atomic mass is 15.2. The molecule has 0 bridgehead atoms. The second-order valence-electron chi connectivity index (χ2n) is 4.24. The van der Waals surface area contributed by atoms with Gasteiger partial charge in [0.25, 0.3) is 0 Å². The van der Waals surface area contributed by atoms with Gasteiger partial charge in [0.05, 0.1) is 0 Å². The van der Waals surface area contributed by atoms with Crippen molar-refractivity contribution < 1.29 is 0 Å². The Hall–Kier alpha value is -1.02. The Balaban J connectivity index is 2.04. The fourth-order valence-electron chi connectivity index (χ4n) is 2.17. The number of benzene rings is 1. The van der Waals surface area contributed by atoms with Crippen molar-refractivity contribution >= 4 is 5.69 Å². The van der Waals surface area contributed by atoms with Crippen molar-refractivity contribution in [2.45, 2.75) is 25.8 Å². The number of rotatable bonds is 3. The minimum Gasteiger partial charge on any atom is -0.370 e. The smallest absolute Gasteiger partial charge is 0.0366 e. The minimum atomic E-state index is 0.663. The largest absolute Gasteiger partial charge is 0.370 e. The Kier molecular flexibility index (Phi) is 3.27. The average Bonchev–Trinajstić information content (AvgIpc) is 2.78. The van der Waals surface area contributed by atoms with Gasteiger partial charge in [-0.3, -0.25) is 0 Å². The summed E-state index contributed by atoms with van der Waals surface area (Å²) in [6.07, 6.45) is 2.38. The van der Waals surface area contributed by atoms with Gasteiger partial charge in [0.1, 0.15) is 0 Å². The lowest BCUT2D eigenvalue weighted by atomic mass is 10.1. The van der Waals surface area contributed by atoms with Crippen molar-refractivity contribution in [2.75, 3.05) is 25.0 Å². The van der Waals surface area contributed by atoms with Gasteiger partial charge in [-0.1, -0.05) is 19.1 Å². The van der Waals surface area contributed by atoms with Crippen LogP contribution >= 0.6 is 0 Å². The van der Waals surface area contributed by atoms with Crippen molar-refractivity contribution in [1.29, 1.82) is 0 Å². The fraction of sp³-hybridized carbons (Fsp3) is 0.538. The van der Waals surface area contributed by atoms with Gasteiger partial charge in [0, 0.05) is 24.8 Å². The van der Waals surface area contributed by atoms with Gasteiger partial charge in [-0.25, -0.2) is 0 Å². The lowest BCUT2D eigenvalue weighted by Gasteiger charge is -2.18. The van der Waals surface area contributed by atoms with E-state index in [1.165, 1.54) is 24.2 Å². The van der Waals surface area contributed by atoms with Gasteiger partial charge < -0.3 is 10.2 Å². The first-order chi connectivity index (χ1) is 7.33. The third-order valence-electron chi connectivity index (χ3n) is 3.31. The van der Waals surface area contributed by atoms with Crippen LogP contribution in [-0.4, -0.2) is 26.2 Å². The van der Waals surface area contributed by atoms with Crippen LogP contribution < -0.4 is 10.2 Å². The Morgan fingerprint density at radius 2 is 2.07 bits per heavy atom. The van der Waals surface area contributed by atoms with E-state index in [9.17, 15) is 0 Å². The van der Waals surface area contributed by atoms with E-state index in [1.54, 1.807) is 0 Å². The number of aryl methyl sites for hydroxylation is 1. The van der Waals surface area contributed by atoms with E-state index in [2.05, 4.69) is 41.4 Å². The van der Waals surface area contributed by atoms with Crippen LogP contribution in [0.15, 0.2) is 24.3 Å². The highest BCUT2D eigenvalue weighted by molar-refractivity contribution is 5.48. The molecular weight excluding hydrogens is 184 g/mol. The number of nitrogens with zero attached hydrogens (tertiary/aromatic N) is 1. The fourth-order valence-corrected chi connectivity index (χ4v) is 2.17. The molecule has 0 amide bonds. The average molecular weight is 204 g/mol. The molecule has 1 aromatic carbocycles. The molecule has 1 fully saturated rings. The summed E-state index contributed by atoms with van der Waals surface area (Å²) in [5.74, 6) is 0. The van der Waals surface area contributed by atoms with Crippen LogP contribution in [0.3, 0.4) is 0 Å². The first kappa shape index (κ1) is 10.5. The van der Waals surface area contributed by atoms with Crippen LogP contribution in [0.5, 0.6) is 0 Å². The number of hydrogen-bond donors (Lipinski definition) is 1. The lowest BCUT2D eigenvalue weighted by molar-refractivity contribution is 0.617. The zero-order valence-corrected chi connectivity index (χ0v) is 9.66. The van der Waals surface area contributed by atoms with Gasteiger partial charge in [0.2, 0.25) is 0 Å². The van der Waals surface area contributed by atoms with E-state index in [0.29, 0.717) is 6.04 Å². The molecule has 0 radical (unpaired) electrons. The monoisotopic (exact) mass is 204 g/mol.